The van der Waals surface area contributed by atoms with Crippen LogP contribution < -0.4 is 30.1 Å². The molecule has 4 aromatic carbocycles. The topological polar surface area (TPSA) is 84.9 Å². The zero-order chi connectivity index (χ0) is 33.6. The first-order valence-electron chi connectivity index (χ1n) is 15.0. The summed E-state index contributed by atoms with van der Waals surface area (Å²) in [5, 5.41) is 3.92. The minimum Gasteiger partial charge on any atom is -0.744 e. The number of hydrogen-bond donors (Lipinski definition) is 0. The Labute approximate surface area is 271 Å². The first-order chi connectivity index (χ1) is 20.7. The van der Waals surface area contributed by atoms with Gasteiger partial charge in [-0.05, 0) is 154 Å². The summed E-state index contributed by atoms with van der Waals surface area (Å²) in [5.74, 6) is 2.67. The standard InChI is InChI=1S/C30H39O3P.C7H8O3S/c1-28(2,3)31-22-10-16-25(17-11-22)34(26-18-12-23(13-19-26)32-29(4,5)6)27-20-14-24(15-21-27)33-30(7,8)9;1-6-2-4-7(5-3-6)11(8,9)10/h10-21H,1-9H3;2-5H,1H3,(H,8,9,10). The van der Waals surface area contributed by atoms with Crippen molar-refractivity contribution in [2.45, 2.75) is 90.9 Å². The second kappa shape index (κ2) is 14.4. The van der Waals surface area contributed by atoms with E-state index in [0.717, 1.165) is 22.8 Å². The summed E-state index contributed by atoms with van der Waals surface area (Å²) in [5.41, 5.74) is 0.265. The number of aryl methyl sites for hydroxylation is 1. The zero-order valence-corrected chi connectivity index (χ0v) is 29.9. The van der Waals surface area contributed by atoms with Crippen molar-refractivity contribution in [3.63, 3.8) is 0 Å². The van der Waals surface area contributed by atoms with Crippen LogP contribution in [0.4, 0.5) is 0 Å². The first kappa shape index (κ1) is 36.1. The van der Waals surface area contributed by atoms with Gasteiger partial charge in [-0.15, -0.1) is 0 Å². The molecule has 0 unspecified atom stereocenters. The van der Waals surface area contributed by atoms with Crippen LogP contribution in [-0.4, -0.2) is 29.8 Å². The van der Waals surface area contributed by atoms with Gasteiger partial charge in [-0.25, -0.2) is 8.42 Å². The van der Waals surface area contributed by atoms with Gasteiger partial charge in [0, 0.05) is 0 Å². The van der Waals surface area contributed by atoms with Gasteiger partial charge in [0.1, 0.15) is 60.1 Å². The summed E-state index contributed by atoms with van der Waals surface area (Å²) >= 11 is 0. The van der Waals surface area contributed by atoms with Crippen molar-refractivity contribution in [2.75, 3.05) is 0 Å². The quantitative estimate of drug-likeness (QED) is 0.151. The molecule has 0 bridgehead atoms. The van der Waals surface area contributed by atoms with E-state index in [1.807, 2.05) is 6.92 Å². The van der Waals surface area contributed by atoms with E-state index in [9.17, 15) is 13.0 Å². The Hall–Kier alpha value is -3.38. The van der Waals surface area contributed by atoms with Gasteiger partial charge in [-0.1, -0.05) is 17.7 Å². The van der Waals surface area contributed by atoms with Crippen molar-refractivity contribution in [3.8, 4) is 17.2 Å². The molecule has 8 heteroatoms. The summed E-state index contributed by atoms with van der Waals surface area (Å²) in [6, 6.07) is 31.5. The predicted octanol–water partition coefficient (Wildman–Crippen LogP) is 7.61. The molecule has 0 atom stereocenters. The number of hydrogen-bond acceptors (Lipinski definition) is 6. The molecular weight excluding hydrogens is 603 g/mol. The van der Waals surface area contributed by atoms with Crippen LogP contribution in [0.1, 0.15) is 67.9 Å². The van der Waals surface area contributed by atoms with E-state index in [1.165, 1.54) is 28.0 Å². The molecule has 0 aliphatic rings. The predicted molar refractivity (Wildman–Crippen MR) is 187 cm³/mol. The fourth-order valence-electron chi connectivity index (χ4n) is 4.33. The van der Waals surface area contributed by atoms with Gasteiger partial charge in [0.15, 0.2) is 0 Å². The van der Waals surface area contributed by atoms with Crippen LogP contribution in [0.3, 0.4) is 0 Å². The molecule has 0 amide bonds. The first-order valence-corrected chi connectivity index (χ1v) is 17.9. The van der Waals surface area contributed by atoms with Crippen molar-refractivity contribution >= 4 is 34.0 Å². The van der Waals surface area contributed by atoms with Crippen LogP contribution in [0.2, 0.25) is 0 Å². The molecule has 0 aromatic heterocycles. The van der Waals surface area contributed by atoms with Crippen LogP contribution in [0.5, 0.6) is 17.2 Å². The number of benzene rings is 4. The maximum atomic E-state index is 10.4. The average molecular weight is 651 g/mol. The van der Waals surface area contributed by atoms with Crippen molar-refractivity contribution < 1.29 is 27.2 Å². The molecule has 4 rings (SSSR count). The third-order valence-electron chi connectivity index (χ3n) is 6.01. The summed E-state index contributed by atoms with van der Waals surface area (Å²) in [6.07, 6.45) is 0. The lowest BCUT2D eigenvalue weighted by molar-refractivity contribution is 0.130. The Morgan fingerprint density at radius 1 is 0.489 bits per heavy atom. The van der Waals surface area contributed by atoms with Gasteiger partial charge >= 0.3 is 0 Å². The Bertz CT molecular complexity index is 1470. The minimum atomic E-state index is -4.27. The Morgan fingerprint density at radius 2 is 0.756 bits per heavy atom. The van der Waals surface area contributed by atoms with E-state index in [-0.39, 0.29) is 21.7 Å². The smallest absolute Gasteiger partial charge is 0.124 e. The van der Waals surface area contributed by atoms with Crippen LogP contribution in [0.15, 0.2) is 102 Å². The molecule has 0 fully saturated rings. The van der Waals surface area contributed by atoms with Gasteiger partial charge in [-0.2, -0.15) is 0 Å². The molecule has 0 heterocycles. The largest absolute Gasteiger partial charge is 0.744 e. The third-order valence-corrected chi connectivity index (χ3v) is 9.59. The van der Waals surface area contributed by atoms with Gasteiger partial charge < -0.3 is 18.8 Å². The fraction of sp³-hybridized carbons (Fsp3) is 0.351. The van der Waals surface area contributed by atoms with Gasteiger partial charge in [0.05, 0.1) is 12.8 Å². The van der Waals surface area contributed by atoms with Crippen molar-refractivity contribution in [1.82, 2.24) is 0 Å². The number of ether oxygens (including phenoxy) is 3. The van der Waals surface area contributed by atoms with E-state index in [0.29, 0.717) is 0 Å². The maximum absolute atomic E-state index is 10.4. The lowest BCUT2D eigenvalue weighted by Gasteiger charge is -2.22. The second-order valence-electron chi connectivity index (χ2n) is 13.9. The molecule has 6 nitrogen and oxygen atoms in total. The van der Waals surface area contributed by atoms with E-state index >= 15 is 0 Å². The van der Waals surface area contributed by atoms with E-state index < -0.39 is 18.0 Å². The van der Waals surface area contributed by atoms with Crippen molar-refractivity contribution in [2.24, 2.45) is 0 Å². The molecular formula is C37H47O6PS. The molecule has 242 valence electrons. The molecule has 0 radical (unpaired) electrons. The second-order valence-corrected chi connectivity index (χ2v) is 17.7. The molecule has 0 saturated heterocycles. The lowest BCUT2D eigenvalue weighted by Crippen LogP contribution is -2.25. The zero-order valence-electron chi connectivity index (χ0n) is 28.1. The Morgan fingerprint density at radius 3 is 0.978 bits per heavy atom. The molecule has 0 aliphatic heterocycles. The number of rotatable bonds is 7. The maximum Gasteiger partial charge on any atom is 0.124 e. The summed E-state index contributed by atoms with van der Waals surface area (Å²) < 4.78 is 49.3. The highest BCUT2D eigenvalue weighted by Crippen LogP contribution is 2.35. The molecule has 4 aromatic rings. The molecule has 45 heavy (non-hydrogen) atoms. The lowest BCUT2D eigenvalue weighted by atomic mass is 10.2. The molecule has 0 saturated carbocycles. The fourth-order valence-corrected chi connectivity index (χ4v) is 7.30. The van der Waals surface area contributed by atoms with Gasteiger partial charge in [0.2, 0.25) is 0 Å². The highest BCUT2D eigenvalue weighted by Gasteiger charge is 2.27. The molecule has 0 aliphatic carbocycles. The van der Waals surface area contributed by atoms with Gasteiger partial charge in [0.25, 0.3) is 0 Å². The Balaban J connectivity index is 0.000000423. The molecule has 0 spiro atoms. The van der Waals surface area contributed by atoms with Crippen molar-refractivity contribution in [3.05, 3.63) is 103 Å². The van der Waals surface area contributed by atoms with E-state index in [4.69, 9.17) is 14.2 Å². The van der Waals surface area contributed by atoms with E-state index in [2.05, 4.69) is 135 Å². The summed E-state index contributed by atoms with van der Waals surface area (Å²) in [7, 11) is -5.49. The molecule has 0 N–H and O–H groups in total. The van der Waals surface area contributed by atoms with E-state index in [1.54, 1.807) is 12.1 Å². The SMILES string of the molecule is CC(C)(C)Oc1ccc([PH+](c2ccc(OC(C)(C)C)cc2)c2ccc(OC(C)(C)C)cc2)cc1.Cc1ccc(S(=O)(=O)[O-])cc1. The van der Waals surface area contributed by atoms with Crippen molar-refractivity contribution in [1.29, 1.82) is 0 Å². The summed E-state index contributed by atoms with van der Waals surface area (Å²) in [6.45, 7) is 20.4. The third kappa shape index (κ3) is 12.5. The van der Waals surface area contributed by atoms with Crippen LogP contribution in [-0.2, 0) is 10.1 Å². The average Bonchev–Trinajstić information content (AvgIpc) is 2.89. The van der Waals surface area contributed by atoms with Crippen LogP contribution >= 0.6 is 7.92 Å². The monoisotopic (exact) mass is 650 g/mol. The summed E-state index contributed by atoms with van der Waals surface area (Å²) in [4.78, 5) is -0.178. The highest BCUT2D eigenvalue weighted by atomic mass is 32.2. The highest BCUT2D eigenvalue weighted by molar-refractivity contribution is 7.85. The normalized spacial score (nSPS) is 12.3. The minimum absolute atomic E-state index is 0.178. The van der Waals surface area contributed by atoms with Crippen LogP contribution in [0.25, 0.3) is 0 Å². The Kier molecular flexibility index (Phi) is 11.5. The van der Waals surface area contributed by atoms with Gasteiger partial charge in [-0.3, -0.25) is 0 Å². The van der Waals surface area contributed by atoms with Crippen LogP contribution in [0, 0.1) is 6.92 Å².